The zero-order valence-corrected chi connectivity index (χ0v) is 13.8. The van der Waals surface area contributed by atoms with Crippen molar-refractivity contribution < 1.29 is 4.92 Å². The van der Waals surface area contributed by atoms with E-state index in [9.17, 15) is 10.1 Å². The number of hydrogen-bond donors (Lipinski definition) is 0. The third-order valence-corrected chi connectivity index (χ3v) is 4.60. The number of nitrogens with zero attached hydrogens (tertiary/aromatic N) is 4. The Morgan fingerprint density at radius 2 is 1.76 bits per heavy atom. The minimum Gasteiger partial charge on any atom is -0.355 e. The molecule has 2 heterocycles. The molecule has 0 aliphatic carbocycles. The molecular weight excluding hydrogens is 316 g/mol. The van der Waals surface area contributed by atoms with E-state index < -0.39 is 0 Å². The summed E-state index contributed by atoms with van der Waals surface area (Å²) in [5.74, 6) is 0.906. The molecular formula is C19H18N4O2. The van der Waals surface area contributed by atoms with E-state index in [2.05, 4.69) is 9.88 Å². The molecule has 1 aliphatic heterocycles. The number of nitro groups is 1. The monoisotopic (exact) mass is 334 g/mol. The van der Waals surface area contributed by atoms with E-state index in [4.69, 9.17) is 4.98 Å². The Morgan fingerprint density at radius 3 is 2.56 bits per heavy atom. The first-order chi connectivity index (χ1) is 12.2. The van der Waals surface area contributed by atoms with Gasteiger partial charge >= 0.3 is 0 Å². The van der Waals surface area contributed by atoms with Crippen LogP contribution in [0.1, 0.15) is 19.3 Å². The molecule has 2 aromatic carbocycles. The molecule has 1 aliphatic rings. The smallest absolute Gasteiger partial charge is 0.270 e. The molecule has 0 saturated carbocycles. The van der Waals surface area contributed by atoms with Gasteiger partial charge in [-0.2, -0.15) is 0 Å². The summed E-state index contributed by atoms with van der Waals surface area (Å²) < 4.78 is 0. The van der Waals surface area contributed by atoms with E-state index in [1.54, 1.807) is 12.1 Å². The van der Waals surface area contributed by atoms with Gasteiger partial charge in [-0.25, -0.2) is 4.98 Å². The Balaban J connectivity index is 1.73. The van der Waals surface area contributed by atoms with Gasteiger partial charge in [0, 0.05) is 25.2 Å². The highest BCUT2D eigenvalue weighted by molar-refractivity contribution is 5.82. The average Bonchev–Trinajstić information content (AvgIpc) is 2.68. The summed E-state index contributed by atoms with van der Waals surface area (Å²) in [6.07, 6.45) is 5.48. The molecule has 0 N–H and O–H groups in total. The number of hydrogen-bond acceptors (Lipinski definition) is 5. The van der Waals surface area contributed by atoms with Gasteiger partial charge in [0.05, 0.1) is 22.2 Å². The first-order valence-electron chi connectivity index (χ1n) is 8.47. The third kappa shape index (κ3) is 3.15. The van der Waals surface area contributed by atoms with Gasteiger partial charge in [-0.3, -0.25) is 15.1 Å². The number of rotatable bonds is 3. The number of aromatic nitrogens is 2. The van der Waals surface area contributed by atoms with Crippen molar-refractivity contribution in [3.05, 3.63) is 58.8 Å². The van der Waals surface area contributed by atoms with Crippen molar-refractivity contribution in [1.82, 2.24) is 9.97 Å². The first-order valence-corrected chi connectivity index (χ1v) is 8.47. The largest absolute Gasteiger partial charge is 0.355 e. The molecule has 0 amide bonds. The van der Waals surface area contributed by atoms with Crippen LogP contribution in [0, 0.1) is 10.1 Å². The van der Waals surface area contributed by atoms with Crippen molar-refractivity contribution in [3.63, 3.8) is 0 Å². The zero-order valence-electron chi connectivity index (χ0n) is 13.8. The van der Waals surface area contributed by atoms with Crippen molar-refractivity contribution in [2.75, 3.05) is 18.0 Å². The molecule has 126 valence electrons. The summed E-state index contributed by atoms with van der Waals surface area (Å²) in [7, 11) is 0. The van der Waals surface area contributed by atoms with Crippen LogP contribution in [0.4, 0.5) is 11.5 Å². The molecule has 3 aromatic rings. The van der Waals surface area contributed by atoms with Crippen LogP contribution in [0.25, 0.3) is 22.2 Å². The fourth-order valence-electron chi connectivity index (χ4n) is 3.26. The number of anilines is 1. The van der Waals surface area contributed by atoms with Gasteiger partial charge in [0.2, 0.25) is 0 Å². The molecule has 4 rings (SSSR count). The lowest BCUT2D eigenvalue weighted by molar-refractivity contribution is -0.384. The molecule has 6 heteroatoms. The summed E-state index contributed by atoms with van der Waals surface area (Å²) in [6.45, 7) is 2.04. The summed E-state index contributed by atoms with van der Waals surface area (Å²) in [6, 6.07) is 12.5. The molecule has 6 nitrogen and oxygen atoms in total. The van der Waals surface area contributed by atoms with Crippen molar-refractivity contribution in [2.24, 2.45) is 0 Å². The van der Waals surface area contributed by atoms with Crippen LogP contribution in [0.5, 0.6) is 0 Å². The predicted molar refractivity (Wildman–Crippen MR) is 97.7 cm³/mol. The highest BCUT2D eigenvalue weighted by Gasteiger charge is 2.13. The predicted octanol–water partition coefficient (Wildman–Crippen LogP) is 4.20. The Labute approximate surface area is 145 Å². The normalized spacial score (nSPS) is 14.6. The Hall–Kier alpha value is -3.02. The van der Waals surface area contributed by atoms with Crippen molar-refractivity contribution >= 4 is 22.5 Å². The second-order valence-electron chi connectivity index (χ2n) is 6.29. The summed E-state index contributed by atoms with van der Waals surface area (Å²) in [5.41, 5.74) is 3.44. The second kappa shape index (κ2) is 6.47. The van der Waals surface area contributed by atoms with Crippen LogP contribution in [-0.4, -0.2) is 28.0 Å². The summed E-state index contributed by atoms with van der Waals surface area (Å²) in [5, 5.41) is 11.0. The fourth-order valence-corrected chi connectivity index (χ4v) is 3.26. The van der Waals surface area contributed by atoms with E-state index in [0.717, 1.165) is 41.1 Å². The maximum atomic E-state index is 11.0. The van der Waals surface area contributed by atoms with Crippen molar-refractivity contribution in [3.8, 4) is 11.1 Å². The highest BCUT2D eigenvalue weighted by atomic mass is 16.6. The number of benzene rings is 2. The molecule has 1 fully saturated rings. The first kappa shape index (κ1) is 15.5. The van der Waals surface area contributed by atoms with Gasteiger partial charge in [0.25, 0.3) is 5.69 Å². The van der Waals surface area contributed by atoms with E-state index in [-0.39, 0.29) is 10.6 Å². The van der Waals surface area contributed by atoms with Crippen molar-refractivity contribution in [2.45, 2.75) is 19.3 Å². The molecule has 0 spiro atoms. The highest BCUT2D eigenvalue weighted by Crippen LogP contribution is 2.27. The quantitative estimate of drug-likeness (QED) is 0.530. The number of non-ortho nitro benzene ring substituents is 1. The number of nitro benzene ring substituents is 1. The van der Waals surface area contributed by atoms with Gasteiger partial charge in [0.1, 0.15) is 5.82 Å². The van der Waals surface area contributed by atoms with Gasteiger partial charge < -0.3 is 4.90 Å². The van der Waals surface area contributed by atoms with Gasteiger partial charge in [0.15, 0.2) is 0 Å². The lowest BCUT2D eigenvalue weighted by atomic mass is 10.0. The SMILES string of the molecule is O=[N+]([O-])c1cccc(-c2ccc3ncc(N4CCCCC4)nc3c2)c1. The Morgan fingerprint density at radius 1 is 0.960 bits per heavy atom. The van der Waals surface area contributed by atoms with Gasteiger partial charge in [-0.15, -0.1) is 0 Å². The van der Waals surface area contributed by atoms with E-state index in [1.165, 1.54) is 25.3 Å². The second-order valence-corrected chi connectivity index (χ2v) is 6.29. The molecule has 0 bridgehead atoms. The molecule has 1 saturated heterocycles. The minimum atomic E-state index is -0.376. The average molecular weight is 334 g/mol. The maximum Gasteiger partial charge on any atom is 0.270 e. The Bertz CT molecular complexity index is 936. The zero-order chi connectivity index (χ0) is 17.2. The number of piperidine rings is 1. The molecule has 0 radical (unpaired) electrons. The van der Waals surface area contributed by atoms with Crippen molar-refractivity contribution in [1.29, 1.82) is 0 Å². The molecule has 25 heavy (non-hydrogen) atoms. The van der Waals surface area contributed by atoms with Crippen LogP contribution in [0.2, 0.25) is 0 Å². The Kier molecular flexibility index (Phi) is 4.01. The molecule has 0 atom stereocenters. The maximum absolute atomic E-state index is 11.0. The van der Waals surface area contributed by atoms with E-state index in [0.29, 0.717) is 0 Å². The molecule has 0 unspecified atom stereocenters. The van der Waals surface area contributed by atoms with E-state index >= 15 is 0 Å². The van der Waals surface area contributed by atoms with Gasteiger partial charge in [-0.05, 0) is 42.5 Å². The standard InChI is InChI=1S/C19H18N4O2/c24-23(25)16-6-4-5-14(11-16)15-7-8-17-18(12-15)21-19(13-20-17)22-9-2-1-3-10-22/h4-8,11-13H,1-3,9-10H2. The van der Waals surface area contributed by atoms with Crippen LogP contribution in [0.3, 0.4) is 0 Å². The van der Waals surface area contributed by atoms with E-state index in [1.807, 2.05) is 30.5 Å². The lowest BCUT2D eigenvalue weighted by Crippen LogP contribution is -2.30. The molecule has 1 aromatic heterocycles. The van der Waals surface area contributed by atoms with Gasteiger partial charge in [-0.1, -0.05) is 18.2 Å². The lowest BCUT2D eigenvalue weighted by Gasteiger charge is -2.27. The van der Waals surface area contributed by atoms with Crippen LogP contribution in [-0.2, 0) is 0 Å². The minimum absolute atomic E-state index is 0.0887. The topological polar surface area (TPSA) is 72.2 Å². The van der Waals surface area contributed by atoms with Crippen LogP contribution < -0.4 is 4.90 Å². The van der Waals surface area contributed by atoms with Crippen LogP contribution in [0.15, 0.2) is 48.7 Å². The summed E-state index contributed by atoms with van der Waals surface area (Å²) in [4.78, 5) is 22.2. The third-order valence-electron chi connectivity index (χ3n) is 4.60. The number of fused-ring (bicyclic) bond motifs is 1. The summed E-state index contributed by atoms with van der Waals surface area (Å²) >= 11 is 0. The fraction of sp³-hybridized carbons (Fsp3) is 0.263. The van der Waals surface area contributed by atoms with Crippen LogP contribution >= 0.6 is 0 Å².